The van der Waals surface area contributed by atoms with Crippen LogP contribution in [-0.4, -0.2) is 52.5 Å². The minimum Gasteiger partial charge on any atom is -0.485 e. The highest BCUT2D eigenvalue weighted by molar-refractivity contribution is 6.00. The van der Waals surface area contributed by atoms with Crippen molar-refractivity contribution in [2.75, 3.05) is 31.1 Å². The lowest BCUT2D eigenvalue weighted by Gasteiger charge is -2.41. The SMILES string of the molecule is C.Cc1nc2c(nc1N1CCC3(CC1)Oc1cc(F)ccc1[C@H]3N)CN=C2N1CCCCC1. The van der Waals surface area contributed by atoms with E-state index in [1.165, 1.54) is 31.4 Å². The summed E-state index contributed by atoms with van der Waals surface area (Å²) < 4.78 is 19.9. The van der Waals surface area contributed by atoms with Gasteiger partial charge in [0.2, 0.25) is 0 Å². The Balaban J connectivity index is 0.00000228. The van der Waals surface area contributed by atoms with Crippen molar-refractivity contribution in [2.45, 2.75) is 64.6 Å². The molecule has 0 radical (unpaired) electrons. The van der Waals surface area contributed by atoms with E-state index in [-0.39, 0.29) is 19.3 Å². The van der Waals surface area contributed by atoms with E-state index < -0.39 is 5.60 Å². The van der Waals surface area contributed by atoms with Gasteiger partial charge < -0.3 is 20.3 Å². The third kappa shape index (κ3) is 3.55. The van der Waals surface area contributed by atoms with E-state index >= 15 is 0 Å². The Morgan fingerprint density at radius 1 is 1.06 bits per heavy atom. The molecule has 0 saturated carbocycles. The number of likely N-dealkylation sites (tertiary alicyclic amines) is 1. The van der Waals surface area contributed by atoms with Gasteiger partial charge in [0.25, 0.3) is 0 Å². The number of amidine groups is 1. The molecule has 2 fully saturated rings. The molecular weight excluding hydrogens is 419 g/mol. The molecule has 0 aliphatic carbocycles. The predicted molar refractivity (Wildman–Crippen MR) is 127 cm³/mol. The summed E-state index contributed by atoms with van der Waals surface area (Å²) in [6.45, 7) is 6.31. The molecule has 1 aromatic heterocycles. The molecule has 0 unspecified atom stereocenters. The van der Waals surface area contributed by atoms with Crippen LogP contribution < -0.4 is 15.4 Å². The fraction of sp³-hybridized carbons (Fsp3) is 0.560. The number of nitrogens with two attached hydrogens (primary N) is 1. The minimum atomic E-state index is -0.477. The fourth-order valence-electron chi connectivity index (χ4n) is 5.64. The van der Waals surface area contributed by atoms with Gasteiger partial charge in [-0.3, -0.25) is 4.99 Å². The standard InChI is InChI=1S/C24H29FN6O.CH4/c1-15-22(29-18-14-27-23(20(18)28-15)30-9-3-2-4-10-30)31-11-7-24(8-12-31)21(26)17-6-5-16(25)13-19(17)32-24;/h5-6,13,21H,2-4,7-12,14,26H2,1H3;1H4/t21-;/m1./s1. The van der Waals surface area contributed by atoms with Gasteiger partial charge in [0, 0.05) is 50.7 Å². The summed E-state index contributed by atoms with van der Waals surface area (Å²) >= 11 is 0. The first-order chi connectivity index (χ1) is 15.5. The number of nitrogens with zero attached hydrogens (tertiary/aromatic N) is 5. The van der Waals surface area contributed by atoms with E-state index in [1.54, 1.807) is 6.07 Å². The van der Waals surface area contributed by atoms with Crippen molar-refractivity contribution in [3.63, 3.8) is 0 Å². The highest BCUT2D eigenvalue weighted by Crippen LogP contribution is 2.47. The van der Waals surface area contributed by atoms with Crippen molar-refractivity contribution in [3.05, 3.63) is 46.7 Å². The van der Waals surface area contributed by atoms with Crippen LogP contribution in [-0.2, 0) is 6.54 Å². The average molecular weight is 453 g/mol. The molecule has 1 atom stereocenters. The number of aliphatic imine (C=N–C) groups is 1. The second-order valence-corrected chi connectivity index (χ2v) is 9.43. The summed E-state index contributed by atoms with van der Waals surface area (Å²) in [4.78, 5) is 19.4. The fourth-order valence-corrected chi connectivity index (χ4v) is 5.64. The van der Waals surface area contributed by atoms with Gasteiger partial charge in [0.05, 0.1) is 24.0 Å². The average Bonchev–Trinajstić information content (AvgIpc) is 3.33. The first-order valence-electron chi connectivity index (χ1n) is 11.7. The van der Waals surface area contributed by atoms with Crippen LogP contribution in [0.25, 0.3) is 0 Å². The van der Waals surface area contributed by atoms with Gasteiger partial charge >= 0.3 is 0 Å². The van der Waals surface area contributed by atoms with Gasteiger partial charge in [-0.15, -0.1) is 0 Å². The molecule has 2 saturated heterocycles. The molecule has 1 aromatic carbocycles. The van der Waals surface area contributed by atoms with Gasteiger partial charge in [-0.1, -0.05) is 13.5 Å². The number of halogens is 1. The Bertz CT molecular complexity index is 1090. The third-order valence-corrected chi connectivity index (χ3v) is 7.46. The number of rotatable bonds is 1. The predicted octanol–water partition coefficient (Wildman–Crippen LogP) is 3.74. The van der Waals surface area contributed by atoms with Crippen molar-refractivity contribution >= 4 is 11.7 Å². The van der Waals surface area contributed by atoms with Crippen molar-refractivity contribution in [3.8, 4) is 5.75 Å². The van der Waals surface area contributed by atoms with E-state index in [0.29, 0.717) is 12.3 Å². The largest absolute Gasteiger partial charge is 0.485 e. The minimum absolute atomic E-state index is 0. The molecule has 5 heterocycles. The maximum Gasteiger partial charge on any atom is 0.152 e. The Morgan fingerprint density at radius 3 is 2.58 bits per heavy atom. The number of aromatic nitrogens is 2. The second kappa shape index (κ2) is 8.24. The summed E-state index contributed by atoms with van der Waals surface area (Å²) in [5.74, 6) is 2.25. The van der Waals surface area contributed by atoms with Crippen LogP contribution in [0, 0.1) is 12.7 Å². The molecule has 1 spiro atoms. The number of anilines is 1. The number of aryl methyl sites for hydroxylation is 1. The van der Waals surface area contributed by atoms with E-state index in [9.17, 15) is 4.39 Å². The van der Waals surface area contributed by atoms with Crippen LogP contribution in [0.1, 0.15) is 68.2 Å². The molecule has 2 aromatic rings. The van der Waals surface area contributed by atoms with E-state index in [1.807, 2.05) is 6.92 Å². The van der Waals surface area contributed by atoms with Gasteiger partial charge in [-0.05, 0) is 32.3 Å². The lowest BCUT2D eigenvalue weighted by Crippen LogP contribution is -2.51. The van der Waals surface area contributed by atoms with Crippen molar-refractivity contribution in [1.29, 1.82) is 0 Å². The van der Waals surface area contributed by atoms with Crippen LogP contribution in [0.4, 0.5) is 10.2 Å². The van der Waals surface area contributed by atoms with Gasteiger partial charge in [0.1, 0.15) is 28.7 Å². The maximum absolute atomic E-state index is 13.7. The molecule has 33 heavy (non-hydrogen) atoms. The number of benzene rings is 1. The summed E-state index contributed by atoms with van der Waals surface area (Å²) in [6, 6.07) is 4.42. The van der Waals surface area contributed by atoms with Crippen LogP contribution in [0.2, 0.25) is 0 Å². The molecule has 4 aliphatic rings. The van der Waals surface area contributed by atoms with Crippen molar-refractivity contribution in [1.82, 2.24) is 14.9 Å². The summed E-state index contributed by atoms with van der Waals surface area (Å²) in [6.07, 6.45) is 5.25. The number of fused-ring (bicyclic) bond motifs is 2. The monoisotopic (exact) mass is 452 g/mol. The Hall–Kier alpha value is -2.74. The zero-order valence-corrected chi connectivity index (χ0v) is 18.5. The van der Waals surface area contributed by atoms with Gasteiger partial charge in [-0.2, -0.15) is 0 Å². The number of hydrogen-bond acceptors (Lipinski definition) is 7. The smallest absolute Gasteiger partial charge is 0.152 e. The number of hydrogen-bond donors (Lipinski definition) is 1. The van der Waals surface area contributed by atoms with E-state index in [2.05, 4.69) is 9.80 Å². The molecule has 2 N–H and O–H groups in total. The Morgan fingerprint density at radius 2 is 1.82 bits per heavy atom. The van der Waals surface area contributed by atoms with E-state index in [0.717, 1.165) is 73.3 Å². The lowest BCUT2D eigenvalue weighted by atomic mass is 9.83. The topological polar surface area (TPSA) is 79.9 Å². The van der Waals surface area contributed by atoms with Gasteiger partial charge in [-0.25, -0.2) is 14.4 Å². The second-order valence-electron chi connectivity index (χ2n) is 9.43. The van der Waals surface area contributed by atoms with Crippen molar-refractivity contribution in [2.24, 2.45) is 10.7 Å². The maximum atomic E-state index is 13.7. The molecule has 0 amide bonds. The molecular formula is C25H33FN6O. The molecule has 7 nitrogen and oxygen atoms in total. The van der Waals surface area contributed by atoms with Crippen LogP contribution in [0.3, 0.4) is 0 Å². The number of ether oxygens (including phenoxy) is 1. The Labute approximate surface area is 194 Å². The molecule has 4 aliphatic heterocycles. The lowest BCUT2D eigenvalue weighted by molar-refractivity contribution is 0.0429. The molecule has 176 valence electrons. The number of piperidine rings is 2. The van der Waals surface area contributed by atoms with Crippen LogP contribution in [0.15, 0.2) is 23.2 Å². The third-order valence-electron chi connectivity index (χ3n) is 7.46. The molecule has 8 heteroatoms. The highest BCUT2D eigenvalue weighted by atomic mass is 19.1. The molecule has 6 rings (SSSR count). The van der Waals surface area contributed by atoms with Crippen molar-refractivity contribution < 1.29 is 9.13 Å². The summed E-state index contributed by atoms with van der Waals surface area (Å²) in [5, 5.41) is 0. The van der Waals surface area contributed by atoms with Gasteiger partial charge in [0.15, 0.2) is 5.84 Å². The first-order valence-corrected chi connectivity index (χ1v) is 11.7. The zero-order valence-electron chi connectivity index (χ0n) is 18.5. The summed E-state index contributed by atoms with van der Waals surface area (Å²) in [7, 11) is 0. The Kier molecular flexibility index (Phi) is 5.51. The summed E-state index contributed by atoms with van der Waals surface area (Å²) in [5.41, 5.74) is 9.86. The zero-order chi connectivity index (χ0) is 21.9. The van der Waals surface area contributed by atoms with Crippen LogP contribution >= 0.6 is 0 Å². The van der Waals surface area contributed by atoms with E-state index in [4.69, 9.17) is 25.4 Å². The molecule has 0 bridgehead atoms. The quantitative estimate of drug-likeness (QED) is 0.710. The normalized spacial score (nSPS) is 23.0. The first kappa shape index (κ1) is 22.1. The van der Waals surface area contributed by atoms with Crippen LogP contribution in [0.5, 0.6) is 5.75 Å². The highest BCUT2D eigenvalue weighted by Gasteiger charge is 2.48.